The molecule has 130 valence electrons. The maximum Gasteiger partial charge on any atom is 0.152 e. The number of anilines is 1. The molecule has 5 nitrogen and oxygen atoms in total. The quantitative estimate of drug-likeness (QED) is 0.668. The fraction of sp³-hybridized carbons (Fsp3) is 0.444. The van der Waals surface area contributed by atoms with Crippen molar-refractivity contribution in [2.75, 3.05) is 12.3 Å². The first kappa shape index (κ1) is 18.5. The third-order valence-corrected chi connectivity index (χ3v) is 4.09. The molecule has 24 heavy (non-hydrogen) atoms. The number of aromatic nitrogens is 3. The number of benzene rings is 1. The molecule has 0 unspecified atom stereocenters. The Morgan fingerprint density at radius 3 is 2.58 bits per heavy atom. The van der Waals surface area contributed by atoms with Gasteiger partial charge in [0.05, 0.1) is 11.0 Å². The van der Waals surface area contributed by atoms with Gasteiger partial charge in [0, 0.05) is 18.4 Å². The minimum Gasteiger partial charge on any atom is -0.382 e. The molecule has 0 aliphatic carbocycles. The van der Waals surface area contributed by atoms with Crippen LogP contribution in [0.3, 0.4) is 0 Å². The van der Waals surface area contributed by atoms with E-state index in [0.29, 0.717) is 11.7 Å². The number of unbranched alkanes of at least 4 members (excludes halogenated alkanes) is 1. The maximum atomic E-state index is 6.18. The zero-order valence-corrected chi connectivity index (χ0v) is 15.1. The van der Waals surface area contributed by atoms with Crippen LogP contribution in [0.1, 0.15) is 32.5 Å². The van der Waals surface area contributed by atoms with E-state index >= 15 is 0 Å². The Morgan fingerprint density at radius 2 is 1.88 bits per heavy atom. The highest BCUT2D eigenvalue weighted by atomic mass is 35.5. The summed E-state index contributed by atoms with van der Waals surface area (Å²) in [5.74, 6) is 2.14. The number of nitrogens with zero attached hydrogens (tertiary/aromatic N) is 3. The van der Waals surface area contributed by atoms with Gasteiger partial charge >= 0.3 is 0 Å². The number of aryl methyl sites for hydroxylation is 1. The van der Waals surface area contributed by atoms with Gasteiger partial charge in [0.15, 0.2) is 5.82 Å². The first-order valence-electron chi connectivity index (χ1n) is 8.35. The molecule has 0 amide bonds. The second-order valence-electron chi connectivity index (χ2n) is 6.49. The maximum absolute atomic E-state index is 6.18. The lowest BCUT2D eigenvalue weighted by molar-refractivity contribution is 0.513. The zero-order chi connectivity index (χ0) is 16.4. The topological polar surface area (TPSA) is 82.8 Å². The summed E-state index contributed by atoms with van der Waals surface area (Å²) in [7, 11) is 0. The normalized spacial score (nSPS) is 11.3. The van der Waals surface area contributed by atoms with Crippen molar-refractivity contribution in [3.05, 3.63) is 30.1 Å². The van der Waals surface area contributed by atoms with Crippen LogP contribution < -0.4 is 11.5 Å². The van der Waals surface area contributed by atoms with Crippen LogP contribution in [0, 0.1) is 5.92 Å². The van der Waals surface area contributed by atoms with Crippen LogP contribution in [-0.4, -0.2) is 21.1 Å². The highest BCUT2D eigenvalue weighted by Gasteiger charge is 2.17. The van der Waals surface area contributed by atoms with Gasteiger partial charge in [-0.25, -0.2) is 9.97 Å². The molecule has 3 rings (SSSR count). The summed E-state index contributed by atoms with van der Waals surface area (Å²) in [6.07, 6.45) is 2.98. The SMILES string of the molecule is CC(C)Cn1c(CCCCN)nc2c(N)nc3ccccc3c21.Cl. The van der Waals surface area contributed by atoms with E-state index in [2.05, 4.69) is 29.5 Å². The zero-order valence-electron chi connectivity index (χ0n) is 14.3. The second-order valence-corrected chi connectivity index (χ2v) is 6.49. The van der Waals surface area contributed by atoms with Crippen LogP contribution in [0.15, 0.2) is 24.3 Å². The molecule has 0 aliphatic rings. The molecular weight excluding hydrogens is 322 g/mol. The third kappa shape index (κ3) is 3.47. The van der Waals surface area contributed by atoms with Gasteiger partial charge in [-0.15, -0.1) is 12.4 Å². The van der Waals surface area contributed by atoms with Gasteiger partial charge in [0.25, 0.3) is 0 Å². The Morgan fingerprint density at radius 1 is 1.12 bits per heavy atom. The van der Waals surface area contributed by atoms with Crippen molar-refractivity contribution in [3.8, 4) is 0 Å². The first-order valence-corrected chi connectivity index (χ1v) is 8.35. The van der Waals surface area contributed by atoms with Crippen molar-refractivity contribution in [3.63, 3.8) is 0 Å². The summed E-state index contributed by atoms with van der Waals surface area (Å²) >= 11 is 0. The van der Waals surface area contributed by atoms with E-state index in [1.807, 2.05) is 18.2 Å². The lowest BCUT2D eigenvalue weighted by atomic mass is 10.1. The molecule has 0 atom stereocenters. The van der Waals surface area contributed by atoms with E-state index in [-0.39, 0.29) is 12.4 Å². The fourth-order valence-electron chi connectivity index (χ4n) is 3.09. The summed E-state index contributed by atoms with van der Waals surface area (Å²) in [4.78, 5) is 9.34. The molecule has 4 N–H and O–H groups in total. The van der Waals surface area contributed by atoms with Crippen molar-refractivity contribution >= 4 is 40.2 Å². The lowest BCUT2D eigenvalue weighted by Crippen LogP contribution is -2.10. The van der Waals surface area contributed by atoms with Crippen LogP contribution in [-0.2, 0) is 13.0 Å². The number of halogens is 1. The van der Waals surface area contributed by atoms with Crippen molar-refractivity contribution in [2.24, 2.45) is 11.7 Å². The molecule has 3 aromatic rings. The highest BCUT2D eigenvalue weighted by Crippen LogP contribution is 2.29. The van der Waals surface area contributed by atoms with Gasteiger partial charge in [0.2, 0.25) is 0 Å². The minimum atomic E-state index is 0. The molecule has 2 aromatic heterocycles. The van der Waals surface area contributed by atoms with Crippen LogP contribution in [0.5, 0.6) is 0 Å². The average Bonchev–Trinajstić information content (AvgIpc) is 2.87. The Kier molecular flexibility index (Phi) is 6.02. The van der Waals surface area contributed by atoms with E-state index < -0.39 is 0 Å². The molecule has 0 spiro atoms. The average molecular weight is 348 g/mol. The number of nitrogen functional groups attached to an aromatic ring is 1. The van der Waals surface area contributed by atoms with E-state index in [9.17, 15) is 0 Å². The second kappa shape index (κ2) is 7.81. The number of hydrogen-bond acceptors (Lipinski definition) is 4. The van der Waals surface area contributed by atoms with Gasteiger partial charge < -0.3 is 16.0 Å². The van der Waals surface area contributed by atoms with E-state index in [1.165, 1.54) is 0 Å². The molecular formula is C18H26ClN5. The van der Waals surface area contributed by atoms with Crippen molar-refractivity contribution in [1.82, 2.24) is 14.5 Å². The number of para-hydroxylation sites is 1. The van der Waals surface area contributed by atoms with Gasteiger partial charge in [-0.05, 0) is 31.4 Å². The Labute approximate surface area is 148 Å². The van der Waals surface area contributed by atoms with Gasteiger partial charge in [-0.3, -0.25) is 0 Å². The Hall–Kier alpha value is -1.85. The Bertz CT molecular complexity index is 825. The number of fused-ring (bicyclic) bond motifs is 3. The summed E-state index contributed by atoms with van der Waals surface area (Å²) in [5.41, 5.74) is 14.7. The Balaban J connectivity index is 0.00000208. The summed E-state index contributed by atoms with van der Waals surface area (Å²) in [6, 6.07) is 8.14. The molecule has 1 aromatic carbocycles. The van der Waals surface area contributed by atoms with Crippen molar-refractivity contribution in [1.29, 1.82) is 0 Å². The predicted molar refractivity (Wildman–Crippen MR) is 104 cm³/mol. The van der Waals surface area contributed by atoms with E-state index in [4.69, 9.17) is 16.5 Å². The molecule has 0 saturated heterocycles. The molecule has 0 aliphatic heterocycles. The van der Waals surface area contributed by atoms with Crippen LogP contribution >= 0.6 is 12.4 Å². The number of nitrogens with two attached hydrogens (primary N) is 2. The molecule has 6 heteroatoms. The van der Waals surface area contributed by atoms with Crippen LogP contribution in [0.25, 0.3) is 21.9 Å². The molecule has 0 saturated carbocycles. The number of imidazole rings is 1. The highest BCUT2D eigenvalue weighted by molar-refractivity contribution is 6.06. The smallest absolute Gasteiger partial charge is 0.152 e. The van der Waals surface area contributed by atoms with E-state index in [1.54, 1.807) is 0 Å². The third-order valence-electron chi connectivity index (χ3n) is 4.09. The summed E-state index contributed by atoms with van der Waals surface area (Å²) in [6.45, 7) is 6.10. The van der Waals surface area contributed by atoms with Crippen molar-refractivity contribution < 1.29 is 0 Å². The minimum absolute atomic E-state index is 0. The summed E-state index contributed by atoms with van der Waals surface area (Å²) < 4.78 is 2.33. The van der Waals surface area contributed by atoms with Crippen LogP contribution in [0.4, 0.5) is 5.82 Å². The molecule has 0 fully saturated rings. The lowest BCUT2D eigenvalue weighted by Gasteiger charge is -2.13. The van der Waals surface area contributed by atoms with Crippen molar-refractivity contribution in [2.45, 2.75) is 39.7 Å². The van der Waals surface area contributed by atoms with E-state index in [0.717, 1.165) is 60.1 Å². The number of pyridine rings is 1. The number of hydrogen-bond donors (Lipinski definition) is 2. The summed E-state index contributed by atoms with van der Waals surface area (Å²) in [5, 5.41) is 1.12. The first-order chi connectivity index (χ1) is 11.1. The largest absolute Gasteiger partial charge is 0.382 e. The van der Waals surface area contributed by atoms with Crippen LogP contribution in [0.2, 0.25) is 0 Å². The monoisotopic (exact) mass is 347 g/mol. The standard InChI is InChI=1S/C18H25N5.ClH/c1-12(2)11-23-15(9-5-6-10-19)22-16-17(23)13-7-3-4-8-14(13)21-18(16)20;/h3-4,7-8,12H,5-6,9-11,19H2,1-2H3,(H2,20,21);1H. The fourth-order valence-corrected chi connectivity index (χ4v) is 3.09. The van der Waals surface area contributed by atoms with Gasteiger partial charge in [-0.1, -0.05) is 32.0 Å². The predicted octanol–water partition coefficient (Wildman–Crippen LogP) is 3.53. The molecule has 2 heterocycles. The number of rotatable bonds is 6. The van der Waals surface area contributed by atoms with Gasteiger partial charge in [0.1, 0.15) is 11.3 Å². The molecule has 0 radical (unpaired) electrons. The molecule has 0 bridgehead atoms. The van der Waals surface area contributed by atoms with Gasteiger partial charge in [-0.2, -0.15) is 0 Å².